The van der Waals surface area contributed by atoms with E-state index >= 15 is 0 Å². The SMILES string of the molecule is CC(C)CCC(O)c1cc(Br)c2c(c1)OCO2. The third-order valence-electron chi connectivity index (χ3n) is 2.85. The second-order valence-electron chi connectivity index (χ2n) is 4.72. The zero-order chi connectivity index (χ0) is 12.4. The van der Waals surface area contributed by atoms with E-state index in [0.29, 0.717) is 11.7 Å². The Kier molecular flexibility index (Phi) is 3.94. The Bertz CT molecular complexity index is 404. The molecular formula is C13H17BrO3. The maximum Gasteiger partial charge on any atom is 0.231 e. The van der Waals surface area contributed by atoms with Gasteiger partial charge in [-0.25, -0.2) is 0 Å². The van der Waals surface area contributed by atoms with Gasteiger partial charge < -0.3 is 14.6 Å². The molecule has 3 nitrogen and oxygen atoms in total. The fourth-order valence-corrected chi connectivity index (χ4v) is 2.41. The van der Waals surface area contributed by atoms with Gasteiger partial charge in [0.1, 0.15) is 0 Å². The molecule has 0 saturated carbocycles. The average molecular weight is 301 g/mol. The van der Waals surface area contributed by atoms with Gasteiger partial charge in [-0.3, -0.25) is 0 Å². The lowest BCUT2D eigenvalue weighted by molar-refractivity contribution is 0.158. The van der Waals surface area contributed by atoms with Gasteiger partial charge in [-0.15, -0.1) is 0 Å². The van der Waals surface area contributed by atoms with Crippen LogP contribution in [0.4, 0.5) is 0 Å². The quantitative estimate of drug-likeness (QED) is 0.922. The highest BCUT2D eigenvalue weighted by Crippen LogP contribution is 2.41. The number of aliphatic hydroxyl groups excluding tert-OH is 1. The maximum absolute atomic E-state index is 10.1. The van der Waals surface area contributed by atoms with E-state index in [9.17, 15) is 5.11 Å². The molecule has 0 bridgehead atoms. The third-order valence-corrected chi connectivity index (χ3v) is 3.44. The second-order valence-corrected chi connectivity index (χ2v) is 5.58. The van der Waals surface area contributed by atoms with E-state index in [1.807, 2.05) is 12.1 Å². The minimum absolute atomic E-state index is 0.249. The van der Waals surface area contributed by atoms with Crippen LogP contribution in [0, 0.1) is 5.92 Å². The van der Waals surface area contributed by atoms with Crippen molar-refractivity contribution in [1.29, 1.82) is 0 Å². The predicted molar refractivity (Wildman–Crippen MR) is 69.3 cm³/mol. The summed E-state index contributed by atoms with van der Waals surface area (Å²) in [7, 11) is 0. The van der Waals surface area contributed by atoms with Crippen molar-refractivity contribution in [3.8, 4) is 11.5 Å². The maximum atomic E-state index is 10.1. The van der Waals surface area contributed by atoms with Gasteiger partial charge in [0.25, 0.3) is 0 Å². The van der Waals surface area contributed by atoms with Crippen molar-refractivity contribution in [3.63, 3.8) is 0 Å². The molecular weight excluding hydrogens is 284 g/mol. The molecule has 1 unspecified atom stereocenters. The molecule has 0 spiro atoms. The normalized spacial score (nSPS) is 15.4. The van der Waals surface area contributed by atoms with Crippen LogP contribution < -0.4 is 9.47 Å². The summed E-state index contributed by atoms with van der Waals surface area (Å²) in [6, 6.07) is 3.76. The summed E-state index contributed by atoms with van der Waals surface area (Å²) < 4.78 is 11.5. The van der Waals surface area contributed by atoms with Gasteiger partial charge in [0.05, 0.1) is 10.6 Å². The standard InChI is InChI=1S/C13H17BrO3/c1-8(2)3-4-11(15)9-5-10(14)13-12(6-9)16-7-17-13/h5-6,8,11,15H,3-4,7H2,1-2H3. The molecule has 1 aromatic carbocycles. The van der Waals surface area contributed by atoms with E-state index in [1.54, 1.807) is 0 Å². The third kappa shape index (κ3) is 2.93. The van der Waals surface area contributed by atoms with Crippen molar-refractivity contribution in [3.05, 3.63) is 22.2 Å². The average Bonchev–Trinajstić information content (AvgIpc) is 2.74. The van der Waals surface area contributed by atoms with Crippen molar-refractivity contribution in [2.75, 3.05) is 6.79 Å². The van der Waals surface area contributed by atoms with Gasteiger partial charge in [-0.2, -0.15) is 0 Å². The van der Waals surface area contributed by atoms with Gasteiger partial charge in [0.2, 0.25) is 6.79 Å². The van der Waals surface area contributed by atoms with E-state index in [-0.39, 0.29) is 6.79 Å². The summed E-state index contributed by atoms with van der Waals surface area (Å²) in [6.45, 7) is 4.56. The van der Waals surface area contributed by atoms with Gasteiger partial charge in [-0.1, -0.05) is 13.8 Å². The van der Waals surface area contributed by atoms with E-state index in [1.165, 1.54) is 0 Å². The molecule has 94 valence electrons. The Balaban J connectivity index is 2.13. The van der Waals surface area contributed by atoms with Gasteiger partial charge >= 0.3 is 0 Å². The molecule has 1 N–H and O–H groups in total. The fraction of sp³-hybridized carbons (Fsp3) is 0.538. The molecule has 1 aromatic rings. The summed E-state index contributed by atoms with van der Waals surface area (Å²) in [5.41, 5.74) is 0.877. The Morgan fingerprint density at radius 2 is 2.06 bits per heavy atom. The first-order chi connectivity index (χ1) is 8.08. The Labute approximate surface area is 110 Å². The molecule has 0 fully saturated rings. The number of rotatable bonds is 4. The van der Waals surface area contributed by atoms with Crippen LogP contribution in [0.5, 0.6) is 11.5 Å². The van der Waals surface area contributed by atoms with Crippen LogP contribution in [0.1, 0.15) is 38.4 Å². The van der Waals surface area contributed by atoms with E-state index in [4.69, 9.17) is 9.47 Å². The zero-order valence-corrected chi connectivity index (χ0v) is 11.7. The highest BCUT2D eigenvalue weighted by atomic mass is 79.9. The lowest BCUT2D eigenvalue weighted by Crippen LogP contribution is -2.00. The van der Waals surface area contributed by atoms with Crippen LogP contribution in [0.15, 0.2) is 16.6 Å². The number of hydrogen-bond acceptors (Lipinski definition) is 3. The molecule has 0 saturated heterocycles. The van der Waals surface area contributed by atoms with Crippen molar-refractivity contribution in [1.82, 2.24) is 0 Å². The number of fused-ring (bicyclic) bond motifs is 1. The first kappa shape index (κ1) is 12.7. The molecule has 0 aromatic heterocycles. The summed E-state index contributed by atoms with van der Waals surface area (Å²) in [5, 5.41) is 10.1. The number of ether oxygens (including phenoxy) is 2. The molecule has 17 heavy (non-hydrogen) atoms. The monoisotopic (exact) mass is 300 g/mol. The molecule has 1 aliphatic heterocycles. The highest BCUT2D eigenvalue weighted by Gasteiger charge is 2.20. The van der Waals surface area contributed by atoms with Crippen LogP contribution in [0.3, 0.4) is 0 Å². The van der Waals surface area contributed by atoms with Gasteiger partial charge in [0, 0.05) is 0 Å². The van der Waals surface area contributed by atoms with Crippen molar-refractivity contribution < 1.29 is 14.6 Å². The van der Waals surface area contributed by atoms with Crippen LogP contribution in [0.25, 0.3) is 0 Å². The van der Waals surface area contributed by atoms with Crippen molar-refractivity contribution >= 4 is 15.9 Å². The molecule has 1 heterocycles. The van der Waals surface area contributed by atoms with Crippen LogP contribution in [-0.4, -0.2) is 11.9 Å². The first-order valence-electron chi connectivity index (χ1n) is 5.85. The van der Waals surface area contributed by atoms with Crippen molar-refractivity contribution in [2.24, 2.45) is 5.92 Å². The summed E-state index contributed by atoms with van der Waals surface area (Å²) in [5.74, 6) is 2.03. The minimum Gasteiger partial charge on any atom is -0.454 e. The topological polar surface area (TPSA) is 38.7 Å². The predicted octanol–water partition coefficient (Wildman–Crippen LogP) is 3.65. The molecule has 0 amide bonds. The smallest absolute Gasteiger partial charge is 0.231 e. The molecule has 4 heteroatoms. The molecule has 0 aliphatic carbocycles. The molecule has 1 aliphatic rings. The summed E-state index contributed by atoms with van der Waals surface area (Å²) >= 11 is 3.43. The van der Waals surface area contributed by atoms with E-state index in [2.05, 4.69) is 29.8 Å². The van der Waals surface area contributed by atoms with Gasteiger partial charge in [-0.05, 0) is 52.4 Å². The highest BCUT2D eigenvalue weighted by molar-refractivity contribution is 9.10. The van der Waals surface area contributed by atoms with Crippen molar-refractivity contribution in [2.45, 2.75) is 32.8 Å². The lowest BCUT2D eigenvalue weighted by atomic mass is 10.00. The minimum atomic E-state index is -0.441. The fourth-order valence-electron chi connectivity index (χ4n) is 1.84. The summed E-state index contributed by atoms with van der Waals surface area (Å²) in [6.07, 6.45) is 1.33. The zero-order valence-electron chi connectivity index (χ0n) is 10.1. The van der Waals surface area contributed by atoms with Crippen LogP contribution >= 0.6 is 15.9 Å². The largest absolute Gasteiger partial charge is 0.454 e. The Hall–Kier alpha value is -0.740. The van der Waals surface area contributed by atoms with E-state index in [0.717, 1.165) is 28.6 Å². The Morgan fingerprint density at radius 3 is 2.76 bits per heavy atom. The molecule has 1 atom stereocenters. The summed E-state index contributed by atoms with van der Waals surface area (Å²) in [4.78, 5) is 0. The second kappa shape index (κ2) is 5.27. The van der Waals surface area contributed by atoms with E-state index < -0.39 is 6.10 Å². The number of benzene rings is 1. The Morgan fingerprint density at radius 1 is 1.29 bits per heavy atom. The number of halogens is 1. The molecule has 2 rings (SSSR count). The van der Waals surface area contributed by atoms with Crippen LogP contribution in [0.2, 0.25) is 0 Å². The number of aliphatic hydroxyl groups is 1. The first-order valence-corrected chi connectivity index (χ1v) is 6.64. The number of hydrogen-bond donors (Lipinski definition) is 1. The van der Waals surface area contributed by atoms with Crippen LogP contribution in [-0.2, 0) is 0 Å². The molecule has 0 radical (unpaired) electrons. The lowest BCUT2D eigenvalue weighted by Gasteiger charge is -2.13. The van der Waals surface area contributed by atoms with Gasteiger partial charge in [0.15, 0.2) is 11.5 Å².